The van der Waals surface area contributed by atoms with E-state index in [1.165, 1.54) is 12.0 Å². The first kappa shape index (κ1) is 15.7. The van der Waals surface area contributed by atoms with E-state index in [4.69, 9.17) is 4.74 Å². The fourth-order valence-electron chi connectivity index (χ4n) is 1.64. The maximum absolute atomic E-state index is 13.8. The molecule has 7 nitrogen and oxygen atoms in total. The number of anilines is 1. The Kier molecular flexibility index (Phi) is 4.84. The molecular formula is C12H16FN3O4. The molecular weight excluding hydrogens is 269 g/mol. The zero-order chi connectivity index (χ0) is 15.4. The van der Waals surface area contributed by atoms with Crippen LogP contribution in [0.25, 0.3) is 0 Å². The quantitative estimate of drug-likeness (QED) is 0.656. The molecule has 1 aromatic rings. The molecule has 1 aromatic carbocycles. The molecule has 1 N–H and O–H groups in total. The molecule has 0 spiro atoms. The third-order valence-electron chi connectivity index (χ3n) is 2.65. The van der Waals surface area contributed by atoms with E-state index in [1.807, 2.05) is 0 Å². The van der Waals surface area contributed by atoms with Gasteiger partial charge in [0.25, 0.3) is 0 Å². The molecule has 1 rings (SSSR count). The van der Waals surface area contributed by atoms with Crippen LogP contribution in [0.1, 0.15) is 6.92 Å². The highest BCUT2D eigenvalue weighted by molar-refractivity contribution is 5.84. The summed E-state index contributed by atoms with van der Waals surface area (Å²) in [6, 6.07) is 1.24. The largest absolute Gasteiger partial charge is 0.490 e. The molecule has 110 valence electrons. The number of carbonyl (C=O) groups excluding carboxylic acids is 1. The number of benzene rings is 1. The van der Waals surface area contributed by atoms with Crippen molar-refractivity contribution in [1.29, 1.82) is 0 Å². The van der Waals surface area contributed by atoms with E-state index in [2.05, 4.69) is 5.32 Å². The number of ether oxygens (including phenoxy) is 1. The van der Waals surface area contributed by atoms with Gasteiger partial charge in [0.15, 0.2) is 11.6 Å². The molecule has 0 saturated carbocycles. The molecule has 1 amide bonds. The van der Waals surface area contributed by atoms with Crippen LogP contribution in [0.4, 0.5) is 15.8 Å². The van der Waals surface area contributed by atoms with E-state index in [0.29, 0.717) is 0 Å². The highest BCUT2D eigenvalue weighted by Crippen LogP contribution is 2.32. The summed E-state index contributed by atoms with van der Waals surface area (Å²) in [5, 5.41) is 13.4. The smallest absolute Gasteiger partial charge is 0.313 e. The average Bonchev–Trinajstić information content (AvgIpc) is 2.39. The summed E-state index contributed by atoms with van der Waals surface area (Å²) in [7, 11) is 4.40. The van der Waals surface area contributed by atoms with Crippen molar-refractivity contribution in [1.82, 2.24) is 4.90 Å². The zero-order valence-corrected chi connectivity index (χ0v) is 11.6. The summed E-state index contributed by atoms with van der Waals surface area (Å²) in [4.78, 5) is 23.1. The third kappa shape index (κ3) is 3.34. The van der Waals surface area contributed by atoms with Crippen molar-refractivity contribution in [3.05, 3.63) is 28.1 Å². The second kappa shape index (κ2) is 6.18. The van der Waals surface area contributed by atoms with Gasteiger partial charge in [0.05, 0.1) is 23.8 Å². The van der Waals surface area contributed by atoms with Gasteiger partial charge in [-0.25, -0.2) is 4.39 Å². The molecule has 0 saturated heterocycles. The van der Waals surface area contributed by atoms with Crippen LogP contribution in [-0.2, 0) is 4.79 Å². The van der Waals surface area contributed by atoms with Gasteiger partial charge in [0.1, 0.15) is 6.04 Å². The number of carbonyl (C=O) groups is 1. The van der Waals surface area contributed by atoms with Crippen molar-refractivity contribution < 1.29 is 18.8 Å². The number of amides is 1. The van der Waals surface area contributed by atoms with Gasteiger partial charge in [-0.15, -0.1) is 0 Å². The molecule has 0 bridgehead atoms. The van der Waals surface area contributed by atoms with E-state index in [1.54, 1.807) is 21.0 Å². The van der Waals surface area contributed by atoms with Crippen LogP contribution in [0.2, 0.25) is 0 Å². The number of hydrogen-bond acceptors (Lipinski definition) is 5. The molecule has 0 aromatic heterocycles. The van der Waals surface area contributed by atoms with E-state index in [9.17, 15) is 19.3 Å². The number of nitro benzene ring substituents is 1. The molecule has 1 atom stereocenters. The van der Waals surface area contributed by atoms with Crippen LogP contribution in [0.3, 0.4) is 0 Å². The molecule has 0 radical (unpaired) electrons. The molecule has 0 aliphatic heterocycles. The van der Waals surface area contributed by atoms with E-state index < -0.39 is 22.5 Å². The Balaban J connectivity index is 3.08. The van der Waals surface area contributed by atoms with Crippen LogP contribution in [0.5, 0.6) is 5.75 Å². The monoisotopic (exact) mass is 285 g/mol. The van der Waals surface area contributed by atoms with Gasteiger partial charge in [0.2, 0.25) is 5.91 Å². The van der Waals surface area contributed by atoms with Crippen LogP contribution >= 0.6 is 0 Å². The maximum atomic E-state index is 13.8. The van der Waals surface area contributed by atoms with Gasteiger partial charge in [0, 0.05) is 20.2 Å². The molecule has 8 heteroatoms. The summed E-state index contributed by atoms with van der Waals surface area (Å²) < 4.78 is 18.7. The first-order chi connectivity index (χ1) is 9.27. The normalized spacial score (nSPS) is 11.7. The third-order valence-corrected chi connectivity index (χ3v) is 2.65. The van der Waals surface area contributed by atoms with Crippen LogP contribution < -0.4 is 10.1 Å². The lowest BCUT2D eigenvalue weighted by molar-refractivity contribution is -0.385. The van der Waals surface area contributed by atoms with E-state index in [-0.39, 0.29) is 17.3 Å². The second-order valence-corrected chi connectivity index (χ2v) is 4.36. The Bertz CT molecular complexity index is 534. The van der Waals surface area contributed by atoms with Gasteiger partial charge >= 0.3 is 5.69 Å². The molecule has 20 heavy (non-hydrogen) atoms. The zero-order valence-electron chi connectivity index (χ0n) is 11.6. The number of nitro groups is 1. The highest BCUT2D eigenvalue weighted by atomic mass is 19.1. The fourth-order valence-corrected chi connectivity index (χ4v) is 1.64. The number of likely N-dealkylation sites (N-methyl/N-ethyl adjacent to an activating group) is 1. The molecule has 0 unspecified atom stereocenters. The maximum Gasteiger partial charge on any atom is 0.313 e. The molecule has 0 fully saturated rings. The second-order valence-electron chi connectivity index (χ2n) is 4.36. The van der Waals surface area contributed by atoms with Crippen LogP contribution in [-0.4, -0.2) is 43.0 Å². The summed E-state index contributed by atoms with van der Waals surface area (Å²) in [6.07, 6.45) is 0. The van der Waals surface area contributed by atoms with Crippen LogP contribution in [0, 0.1) is 15.9 Å². The number of rotatable bonds is 5. The number of methoxy groups -OCH3 is 1. The van der Waals surface area contributed by atoms with Gasteiger partial charge in [-0.1, -0.05) is 0 Å². The Morgan fingerprint density at radius 1 is 1.50 bits per heavy atom. The van der Waals surface area contributed by atoms with Gasteiger partial charge < -0.3 is 15.0 Å². The van der Waals surface area contributed by atoms with Gasteiger partial charge in [-0.05, 0) is 6.92 Å². The lowest BCUT2D eigenvalue weighted by Crippen LogP contribution is -2.36. The minimum Gasteiger partial charge on any atom is -0.490 e. The number of halogens is 1. The van der Waals surface area contributed by atoms with Crippen molar-refractivity contribution in [2.75, 3.05) is 26.5 Å². The standard InChI is InChI=1S/C12H16FN3O4/c1-7(12(17)15(2)3)14-9-6-11(20-4)10(16(18)19)5-8(9)13/h5-7,14H,1-4H3/t7-/m0/s1. The number of hydrogen-bond donors (Lipinski definition) is 1. The predicted octanol–water partition coefficient (Wildman–Crippen LogP) is 1.63. The fraction of sp³-hybridized carbons (Fsp3) is 0.417. The summed E-state index contributed by atoms with van der Waals surface area (Å²) >= 11 is 0. The molecule has 0 aliphatic rings. The van der Waals surface area contributed by atoms with Crippen molar-refractivity contribution in [3.8, 4) is 5.75 Å². The first-order valence-corrected chi connectivity index (χ1v) is 5.77. The van der Waals surface area contributed by atoms with Crippen molar-refractivity contribution in [2.45, 2.75) is 13.0 Å². The minimum atomic E-state index is -0.823. The summed E-state index contributed by atoms with van der Waals surface area (Å²) in [5.41, 5.74) is -0.503. The van der Waals surface area contributed by atoms with Gasteiger partial charge in [-0.2, -0.15) is 0 Å². The number of nitrogens with one attached hydrogen (secondary N) is 1. The van der Waals surface area contributed by atoms with E-state index >= 15 is 0 Å². The van der Waals surface area contributed by atoms with Crippen molar-refractivity contribution in [3.63, 3.8) is 0 Å². The first-order valence-electron chi connectivity index (χ1n) is 5.77. The molecule has 0 heterocycles. The van der Waals surface area contributed by atoms with E-state index in [0.717, 1.165) is 12.1 Å². The summed E-state index contributed by atoms with van der Waals surface area (Å²) in [6.45, 7) is 1.57. The topological polar surface area (TPSA) is 84.7 Å². The Hall–Kier alpha value is -2.38. The highest BCUT2D eigenvalue weighted by Gasteiger charge is 2.22. The summed E-state index contributed by atoms with van der Waals surface area (Å²) in [5.74, 6) is -1.15. The Morgan fingerprint density at radius 2 is 2.10 bits per heavy atom. The van der Waals surface area contributed by atoms with Gasteiger partial charge in [-0.3, -0.25) is 14.9 Å². The Morgan fingerprint density at radius 3 is 2.55 bits per heavy atom. The predicted molar refractivity (Wildman–Crippen MR) is 71.4 cm³/mol. The Labute approximate surface area is 115 Å². The number of nitrogens with zero attached hydrogens (tertiary/aromatic N) is 2. The lowest BCUT2D eigenvalue weighted by Gasteiger charge is -2.19. The minimum absolute atomic E-state index is 0.0323. The van der Waals surface area contributed by atoms with Crippen molar-refractivity contribution in [2.24, 2.45) is 0 Å². The average molecular weight is 285 g/mol. The molecule has 0 aliphatic carbocycles. The SMILES string of the molecule is COc1cc(N[C@@H](C)C(=O)N(C)C)c(F)cc1[N+](=O)[O-]. The van der Waals surface area contributed by atoms with Crippen LogP contribution in [0.15, 0.2) is 12.1 Å². The van der Waals surface area contributed by atoms with Crippen molar-refractivity contribution >= 4 is 17.3 Å². The lowest BCUT2D eigenvalue weighted by atomic mass is 10.2.